The number of amides is 1. The van der Waals surface area contributed by atoms with Gasteiger partial charge < -0.3 is 0 Å². The molecule has 1 N–H and O–H groups in total. The Morgan fingerprint density at radius 1 is 1.50 bits per heavy atom. The van der Waals surface area contributed by atoms with E-state index < -0.39 is 24.9 Å². The van der Waals surface area contributed by atoms with Crippen molar-refractivity contribution < 1.29 is 18.0 Å². The maximum absolute atomic E-state index is 11.8. The van der Waals surface area contributed by atoms with Gasteiger partial charge in [0, 0.05) is 12.6 Å². The first-order chi connectivity index (χ1) is 7.37. The van der Waals surface area contributed by atoms with Crippen molar-refractivity contribution in [3.8, 4) is 0 Å². The van der Waals surface area contributed by atoms with E-state index in [-0.39, 0.29) is 11.1 Å². The number of hydrogen-bond acceptors (Lipinski definition) is 3. The Morgan fingerprint density at radius 3 is 2.75 bits per heavy atom. The molecule has 0 fully saturated rings. The van der Waals surface area contributed by atoms with Crippen molar-refractivity contribution in [2.24, 2.45) is 0 Å². The molecular formula is C8H7ClF3N3O. The van der Waals surface area contributed by atoms with Crippen molar-refractivity contribution in [2.75, 3.05) is 5.32 Å². The SMILES string of the molecule is O=C(CCC(F)(F)F)Nc1nccc(Cl)n1. The summed E-state index contributed by atoms with van der Waals surface area (Å²) in [6.45, 7) is 0. The van der Waals surface area contributed by atoms with Crippen LogP contribution in [0.3, 0.4) is 0 Å². The zero-order valence-electron chi connectivity index (χ0n) is 7.88. The zero-order valence-corrected chi connectivity index (χ0v) is 8.64. The average Bonchev–Trinajstić information content (AvgIpc) is 2.14. The van der Waals surface area contributed by atoms with Gasteiger partial charge in [0.25, 0.3) is 0 Å². The standard InChI is InChI=1S/C8H7ClF3N3O/c9-5-2-4-13-7(14-5)15-6(16)1-3-8(10,11)12/h2,4H,1,3H2,(H,13,14,15,16). The highest BCUT2D eigenvalue weighted by atomic mass is 35.5. The lowest BCUT2D eigenvalue weighted by molar-refractivity contribution is -0.142. The molecule has 4 nitrogen and oxygen atoms in total. The molecule has 0 spiro atoms. The summed E-state index contributed by atoms with van der Waals surface area (Å²) in [4.78, 5) is 18.3. The van der Waals surface area contributed by atoms with Gasteiger partial charge in [0.15, 0.2) is 0 Å². The first-order valence-corrected chi connectivity index (χ1v) is 4.60. The van der Waals surface area contributed by atoms with Gasteiger partial charge in [-0.1, -0.05) is 11.6 Å². The Morgan fingerprint density at radius 2 is 2.19 bits per heavy atom. The largest absolute Gasteiger partial charge is 0.389 e. The minimum absolute atomic E-state index is 0.0983. The van der Waals surface area contributed by atoms with E-state index in [0.717, 1.165) is 0 Å². The number of aromatic nitrogens is 2. The molecule has 0 atom stereocenters. The lowest BCUT2D eigenvalue weighted by atomic mass is 10.3. The normalized spacial score (nSPS) is 11.2. The minimum atomic E-state index is -4.35. The molecule has 1 amide bonds. The van der Waals surface area contributed by atoms with Crippen LogP contribution in [0.25, 0.3) is 0 Å². The molecule has 0 saturated carbocycles. The topological polar surface area (TPSA) is 54.9 Å². The number of anilines is 1. The quantitative estimate of drug-likeness (QED) is 0.842. The van der Waals surface area contributed by atoms with Gasteiger partial charge >= 0.3 is 6.18 Å². The highest BCUT2D eigenvalue weighted by Crippen LogP contribution is 2.21. The van der Waals surface area contributed by atoms with Gasteiger partial charge in [-0.2, -0.15) is 13.2 Å². The molecule has 16 heavy (non-hydrogen) atoms. The smallest absolute Gasteiger partial charge is 0.294 e. The Labute approximate surface area is 93.8 Å². The van der Waals surface area contributed by atoms with Crippen LogP contribution >= 0.6 is 11.6 Å². The Balaban J connectivity index is 2.46. The van der Waals surface area contributed by atoms with Crippen molar-refractivity contribution in [3.05, 3.63) is 17.4 Å². The van der Waals surface area contributed by atoms with Gasteiger partial charge in [-0.15, -0.1) is 0 Å². The second kappa shape index (κ2) is 5.11. The third kappa shape index (κ3) is 4.92. The molecule has 0 radical (unpaired) electrons. The summed E-state index contributed by atoms with van der Waals surface area (Å²) < 4.78 is 35.4. The highest BCUT2D eigenvalue weighted by molar-refractivity contribution is 6.29. The van der Waals surface area contributed by atoms with Gasteiger partial charge in [-0.25, -0.2) is 9.97 Å². The maximum Gasteiger partial charge on any atom is 0.389 e. The van der Waals surface area contributed by atoms with E-state index >= 15 is 0 Å². The molecule has 0 aliphatic heterocycles. The number of carbonyl (C=O) groups excluding carboxylic acids is 1. The fourth-order valence-corrected chi connectivity index (χ4v) is 0.976. The maximum atomic E-state index is 11.8. The van der Waals surface area contributed by atoms with E-state index in [4.69, 9.17) is 11.6 Å². The predicted octanol–water partition coefficient (Wildman–Crippen LogP) is 2.41. The van der Waals surface area contributed by atoms with Gasteiger partial charge in [0.1, 0.15) is 5.15 Å². The van der Waals surface area contributed by atoms with E-state index in [1.165, 1.54) is 12.3 Å². The van der Waals surface area contributed by atoms with Gasteiger partial charge in [-0.3, -0.25) is 10.1 Å². The first-order valence-electron chi connectivity index (χ1n) is 4.22. The summed E-state index contributed by atoms with van der Waals surface area (Å²) in [5.74, 6) is -0.917. The van der Waals surface area contributed by atoms with Gasteiger partial charge in [-0.05, 0) is 6.07 Å². The molecule has 1 aromatic rings. The summed E-state index contributed by atoms with van der Waals surface area (Å²) >= 11 is 5.50. The summed E-state index contributed by atoms with van der Waals surface area (Å²) in [6, 6.07) is 1.38. The summed E-state index contributed by atoms with van der Waals surface area (Å²) in [5, 5.41) is 2.21. The van der Waals surface area contributed by atoms with Gasteiger partial charge in [0.05, 0.1) is 6.42 Å². The fraction of sp³-hybridized carbons (Fsp3) is 0.375. The second-order valence-corrected chi connectivity index (χ2v) is 3.25. The minimum Gasteiger partial charge on any atom is -0.294 e. The molecule has 0 saturated heterocycles. The molecule has 8 heteroatoms. The molecule has 0 aliphatic carbocycles. The Bertz CT molecular complexity index is 383. The molecule has 1 heterocycles. The Hall–Kier alpha value is -1.37. The lowest BCUT2D eigenvalue weighted by Gasteiger charge is -2.06. The second-order valence-electron chi connectivity index (χ2n) is 2.87. The van der Waals surface area contributed by atoms with Crippen molar-refractivity contribution in [1.29, 1.82) is 0 Å². The van der Waals surface area contributed by atoms with Crippen LogP contribution in [0.2, 0.25) is 5.15 Å². The van der Waals surface area contributed by atoms with Crippen LogP contribution in [-0.2, 0) is 4.79 Å². The number of rotatable bonds is 3. The third-order valence-electron chi connectivity index (χ3n) is 1.51. The van der Waals surface area contributed by atoms with Crippen LogP contribution in [0.4, 0.5) is 19.1 Å². The van der Waals surface area contributed by atoms with Crippen molar-refractivity contribution in [2.45, 2.75) is 19.0 Å². The molecule has 1 aromatic heterocycles. The van der Waals surface area contributed by atoms with Crippen molar-refractivity contribution >= 4 is 23.5 Å². The molecule has 1 rings (SSSR count). The number of alkyl halides is 3. The van der Waals surface area contributed by atoms with E-state index in [9.17, 15) is 18.0 Å². The van der Waals surface area contributed by atoms with Crippen molar-refractivity contribution in [1.82, 2.24) is 9.97 Å². The summed E-state index contributed by atoms with van der Waals surface area (Å²) in [5.41, 5.74) is 0. The van der Waals surface area contributed by atoms with Crippen LogP contribution in [0.1, 0.15) is 12.8 Å². The first kappa shape index (κ1) is 12.7. The average molecular weight is 254 g/mol. The highest BCUT2D eigenvalue weighted by Gasteiger charge is 2.27. The number of nitrogens with zero attached hydrogens (tertiary/aromatic N) is 2. The number of carbonyl (C=O) groups is 1. The van der Waals surface area contributed by atoms with E-state index in [0.29, 0.717) is 0 Å². The molecule has 0 aliphatic rings. The van der Waals surface area contributed by atoms with E-state index in [2.05, 4.69) is 15.3 Å². The van der Waals surface area contributed by atoms with Crippen LogP contribution in [0, 0.1) is 0 Å². The number of nitrogens with one attached hydrogen (secondary N) is 1. The summed E-state index contributed by atoms with van der Waals surface area (Å²) in [6.07, 6.45) is -4.92. The predicted molar refractivity (Wildman–Crippen MR) is 51.0 cm³/mol. The van der Waals surface area contributed by atoms with E-state index in [1.807, 2.05) is 0 Å². The Kier molecular flexibility index (Phi) is 4.05. The van der Waals surface area contributed by atoms with Crippen LogP contribution in [-0.4, -0.2) is 22.1 Å². The molecule has 0 bridgehead atoms. The zero-order chi connectivity index (χ0) is 12.2. The third-order valence-corrected chi connectivity index (χ3v) is 1.72. The molecular weight excluding hydrogens is 247 g/mol. The number of halogens is 4. The van der Waals surface area contributed by atoms with Crippen LogP contribution < -0.4 is 5.32 Å². The van der Waals surface area contributed by atoms with Gasteiger partial charge in [0.2, 0.25) is 11.9 Å². The fourth-order valence-electron chi connectivity index (χ4n) is 0.839. The lowest BCUT2D eigenvalue weighted by Crippen LogP contribution is -2.17. The van der Waals surface area contributed by atoms with Crippen molar-refractivity contribution in [3.63, 3.8) is 0 Å². The molecule has 0 aromatic carbocycles. The molecule has 0 unspecified atom stereocenters. The summed E-state index contributed by atoms with van der Waals surface area (Å²) in [7, 11) is 0. The monoisotopic (exact) mass is 253 g/mol. The van der Waals surface area contributed by atoms with Crippen LogP contribution in [0.15, 0.2) is 12.3 Å². The van der Waals surface area contributed by atoms with E-state index in [1.54, 1.807) is 0 Å². The molecule has 88 valence electrons. The van der Waals surface area contributed by atoms with Crippen LogP contribution in [0.5, 0.6) is 0 Å². The number of hydrogen-bond donors (Lipinski definition) is 1.